The summed E-state index contributed by atoms with van der Waals surface area (Å²) in [4.78, 5) is 19.0. The Morgan fingerprint density at radius 3 is 3.00 bits per heavy atom. The van der Waals surface area contributed by atoms with Gasteiger partial charge in [0.15, 0.2) is 17.3 Å². The third-order valence-corrected chi connectivity index (χ3v) is 5.29. The first-order valence-electron chi connectivity index (χ1n) is 8.39. The van der Waals surface area contributed by atoms with Gasteiger partial charge in [-0.15, -0.1) is 5.10 Å². The molecule has 3 N–H and O–H groups in total. The number of halogens is 1. The summed E-state index contributed by atoms with van der Waals surface area (Å²) in [5.41, 5.74) is 8.00. The van der Waals surface area contributed by atoms with Gasteiger partial charge in [-0.2, -0.15) is 4.37 Å². The summed E-state index contributed by atoms with van der Waals surface area (Å²) in [6.45, 7) is 5.64. The number of morpholine rings is 1. The maximum Gasteiger partial charge on any atom is 0.264 e. The van der Waals surface area contributed by atoms with Gasteiger partial charge in [0.05, 0.1) is 31.3 Å². The third-order valence-electron chi connectivity index (χ3n) is 4.39. The number of nitrogens with one attached hydrogen (secondary N) is 1. The van der Waals surface area contributed by atoms with Crippen LogP contribution < -0.4 is 11.1 Å². The Morgan fingerprint density at radius 2 is 2.22 bits per heavy atom. The number of anilines is 2. The molecule has 27 heavy (non-hydrogen) atoms. The predicted octanol–water partition coefficient (Wildman–Crippen LogP) is 1.30. The average Bonchev–Trinajstić information content (AvgIpc) is 3.15. The van der Waals surface area contributed by atoms with Crippen LogP contribution in [0, 0.1) is 12.7 Å². The van der Waals surface area contributed by atoms with Crippen LogP contribution in [-0.2, 0) is 11.3 Å². The van der Waals surface area contributed by atoms with Crippen molar-refractivity contribution in [2.45, 2.75) is 13.5 Å². The summed E-state index contributed by atoms with van der Waals surface area (Å²) in [6, 6.07) is 0. The highest BCUT2D eigenvalue weighted by Gasteiger charge is 2.23. The van der Waals surface area contributed by atoms with E-state index in [1.54, 1.807) is 0 Å². The van der Waals surface area contributed by atoms with Crippen molar-refractivity contribution in [1.29, 1.82) is 0 Å². The molecule has 0 radical (unpaired) electrons. The number of fused-ring (bicyclic) bond motifs is 1. The molecule has 4 rings (SSSR count). The van der Waals surface area contributed by atoms with E-state index in [0.717, 1.165) is 41.3 Å². The van der Waals surface area contributed by atoms with Crippen LogP contribution in [0.3, 0.4) is 0 Å². The van der Waals surface area contributed by atoms with Crippen molar-refractivity contribution in [2.75, 3.05) is 37.4 Å². The number of nitrogens with two attached hydrogens (primary N) is 1. The highest BCUT2D eigenvalue weighted by Crippen LogP contribution is 2.28. The van der Waals surface area contributed by atoms with Gasteiger partial charge in [-0.25, -0.2) is 13.9 Å². The zero-order valence-corrected chi connectivity index (χ0v) is 15.4. The summed E-state index contributed by atoms with van der Waals surface area (Å²) >= 11 is 1.22. The minimum atomic E-state index is -0.567. The van der Waals surface area contributed by atoms with Gasteiger partial charge in [-0.1, -0.05) is 0 Å². The van der Waals surface area contributed by atoms with Crippen LogP contribution in [0.15, 0.2) is 12.4 Å². The van der Waals surface area contributed by atoms with E-state index < -0.39 is 11.7 Å². The number of hydrogen-bond donors (Lipinski definition) is 2. The van der Waals surface area contributed by atoms with Crippen molar-refractivity contribution < 1.29 is 13.9 Å². The van der Waals surface area contributed by atoms with Crippen LogP contribution in [-0.4, -0.2) is 56.1 Å². The van der Waals surface area contributed by atoms with E-state index in [0.29, 0.717) is 24.8 Å². The zero-order chi connectivity index (χ0) is 19.0. The lowest BCUT2D eigenvalue weighted by molar-refractivity contribution is 0.0342. The van der Waals surface area contributed by atoms with Gasteiger partial charge in [0.1, 0.15) is 10.6 Å². The SMILES string of the molecule is Cc1nsc(NC(=O)c2c(N)nn3cc(F)cnc23)c1CN1CCOCC1. The number of carbonyl (C=O) groups excluding carboxylic acids is 1. The van der Waals surface area contributed by atoms with Crippen LogP contribution in [0.2, 0.25) is 0 Å². The fourth-order valence-corrected chi connectivity index (χ4v) is 3.77. The molecular formula is C16H18FN7O2S. The van der Waals surface area contributed by atoms with E-state index in [9.17, 15) is 9.18 Å². The summed E-state index contributed by atoms with van der Waals surface area (Å²) < 4.78 is 24.2. The van der Waals surface area contributed by atoms with Gasteiger partial charge in [-0.05, 0) is 18.5 Å². The maximum absolute atomic E-state index is 13.3. The fourth-order valence-electron chi connectivity index (χ4n) is 2.97. The minimum Gasteiger partial charge on any atom is -0.381 e. The number of aromatic nitrogens is 4. The molecule has 1 fully saturated rings. The second-order valence-corrected chi connectivity index (χ2v) is 6.99. The molecular weight excluding hydrogens is 373 g/mol. The monoisotopic (exact) mass is 391 g/mol. The molecule has 0 saturated carbocycles. The van der Waals surface area contributed by atoms with Crippen molar-refractivity contribution in [2.24, 2.45) is 0 Å². The molecule has 0 spiro atoms. The molecule has 142 valence electrons. The first-order chi connectivity index (χ1) is 13.0. The second-order valence-electron chi connectivity index (χ2n) is 6.22. The molecule has 3 aromatic heterocycles. The summed E-state index contributed by atoms with van der Waals surface area (Å²) in [5.74, 6) is -1.03. The zero-order valence-electron chi connectivity index (χ0n) is 14.6. The number of amides is 1. The topological polar surface area (TPSA) is 111 Å². The smallest absolute Gasteiger partial charge is 0.264 e. The quantitative estimate of drug-likeness (QED) is 0.690. The van der Waals surface area contributed by atoms with Crippen molar-refractivity contribution in [1.82, 2.24) is 23.9 Å². The Labute approximate surface area is 158 Å². The first kappa shape index (κ1) is 17.8. The molecule has 9 nitrogen and oxygen atoms in total. The molecule has 1 saturated heterocycles. The van der Waals surface area contributed by atoms with Gasteiger partial charge < -0.3 is 15.8 Å². The second kappa shape index (κ2) is 7.18. The molecule has 1 amide bonds. The number of nitrogen functional groups attached to an aromatic ring is 1. The molecule has 3 aromatic rings. The highest BCUT2D eigenvalue weighted by molar-refractivity contribution is 7.10. The molecule has 0 bridgehead atoms. The molecule has 0 unspecified atom stereocenters. The van der Waals surface area contributed by atoms with Gasteiger partial charge in [-0.3, -0.25) is 9.69 Å². The van der Waals surface area contributed by atoms with E-state index in [1.807, 2.05) is 6.92 Å². The van der Waals surface area contributed by atoms with Crippen LogP contribution >= 0.6 is 11.5 Å². The molecule has 0 atom stereocenters. The number of hydrogen-bond acceptors (Lipinski definition) is 8. The Hall–Kier alpha value is -2.63. The predicted molar refractivity (Wildman–Crippen MR) is 98.3 cm³/mol. The van der Waals surface area contributed by atoms with E-state index in [4.69, 9.17) is 10.5 Å². The fraction of sp³-hybridized carbons (Fsp3) is 0.375. The van der Waals surface area contributed by atoms with Crippen molar-refractivity contribution in [3.05, 3.63) is 35.0 Å². The lowest BCUT2D eigenvalue weighted by Gasteiger charge is -2.26. The number of nitrogens with zero attached hydrogens (tertiary/aromatic N) is 5. The third kappa shape index (κ3) is 3.48. The van der Waals surface area contributed by atoms with Gasteiger partial charge >= 0.3 is 0 Å². The Kier molecular flexibility index (Phi) is 4.72. The number of carbonyl (C=O) groups is 1. The summed E-state index contributed by atoms with van der Waals surface area (Å²) in [7, 11) is 0. The maximum atomic E-state index is 13.3. The molecule has 0 aromatic carbocycles. The normalized spacial score (nSPS) is 15.3. The van der Waals surface area contributed by atoms with Crippen LogP contribution in [0.1, 0.15) is 21.6 Å². The molecule has 4 heterocycles. The Morgan fingerprint density at radius 1 is 1.44 bits per heavy atom. The number of aryl methyl sites for hydroxylation is 1. The van der Waals surface area contributed by atoms with Crippen molar-refractivity contribution >= 4 is 33.9 Å². The van der Waals surface area contributed by atoms with Crippen molar-refractivity contribution in [3.63, 3.8) is 0 Å². The summed E-state index contributed by atoms with van der Waals surface area (Å²) in [5, 5.41) is 7.47. The van der Waals surface area contributed by atoms with Crippen LogP contribution in [0.25, 0.3) is 5.65 Å². The van der Waals surface area contributed by atoms with Crippen LogP contribution in [0.4, 0.5) is 15.2 Å². The van der Waals surface area contributed by atoms with E-state index >= 15 is 0 Å². The van der Waals surface area contributed by atoms with E-state index in [1.165, 1.54) is 11.5 Å². The summed E-state index contributed by atoms with van der Waals surface area (Å²) in [6.07, 6.45) is 2.14. The Bertz CT molecular complexity index is 996. The number of ether oxygens (including phenoxy) is 1. The van der Waals surface area contributed by atoms with Crippen LogP contribution in [0.5, 0.6) is 0 Å². The highest BCUT2D eigenvalue weighted by atomic mass is 32.1. The molecule has 0 aliphatic carbocycles. The molecule has 11 heteroatoms. The average molecular weight is 391 g/mol. The van der Waals surface area contributed by atoms with E-state index in [-0.39, 0.29) is 17.0 Å². The lowest BCUT2D eigenvalue weighted by Crippen LogP contribution is -2.35. The van der Waals surface area contributed by atoms with Crippen molar-refractivity contribution in [3.8, 4) is 0 Å². The minimum absolute atomic E-state index is 0.0124. The molecule has 1 aliphatic rings. The lowest BCUT2D eigenvalue weighted by atomic mass is 10.2. The van der Waals surface area contributed by atoms with Gasteiger partial charge in [0.2, 0.25) is 0 Å². The van der Waals surface area contributed by atoms with Gasteiger partial charge in [0.25, 0.3) is 5.91 Å². The van der Waals surface area contributed by atoms with Gasteiger partial charge in [0, 0.05) is 25.2 Å². The standard InChI is InChI=1S/C16H18FN7O2S/c1-9-11(8-23-2-4-26-5-3-23)16(27-22-9)20-15(25)12-13(18)21-24-7-10(17)6-19-14(12)24/h6-7H,2-5,8H2,1H3,(H2,18,21)(H,20,25). The number of rotatable bonds is 4. The van der Waals surface area contributed by atoms with E-state index in [2.05, 4.69) is 24.7 Å². The first-order valence-corrected chi connectivity index (χ1v) is 9.16. The molecule has 1 aliphatic heterocycles. The largest absolute Gasteiger partial charge is 0.381 e. The Balaban J connectivity index is 1.59.